The summed E-state index contributed by atoms with van der Waals surface area (Å²) in [6.45, 7) is 5.19. The van der Waals surface area contributed by atoms with Gasteiger partial charge in [0.05, 0.1) is 0 Å². The Morgan fingerprint density at radius 1 is 1.88 bits per heavy atom. The van der Waals surface area contributed by atoms with Crippen molar-refractivity contribution in [2.75, 3.05) is 0 Å². The van der Waals surface area contributed by atoms with E-state index in [0.29, 0.717) is 12.0 Å². The van der Waals surface area contributed by atoms with Gasteiger partial charge in [0, 0.05) is 5.57 Å². The molecule has 0 aliphatic rings. The Hall–Kier alpha value is -0.830. The van der Waals surface area contributed by atoms with Crippen LogP contribution in [-0.2, 0) is 9.63 Å². The molecule has 0 rings (SSSR count). The van der Waals surface area contributed by atoms with Gasteiger partial charge in [-0.15, -0.1) is 0 Å². The van der Waals surface area contributed by atoms with E-state index in [4.69, 9.17) is 0 Å². The van der Waals surface area contributed by atoms with Gasteiger partial charge in [0.15, 0.2) is 0 Å². The van der Waals surface area contributed by atoms with E-state index in [1.54, 1.807) is 6.92 Å². The minimum absolute atomic E-state index is 0.396. The Kier molecular flexibility index (Phi) is 2.88. The number of carbonyl (C=O) groups is 1. The summed E-state index contributed by atoms with van der Waals surface area (Å²) in [6, 6.07) is 0. The van der Waals surface area contributed by atoms with E-state index in [1.807, 2.05) is 0 Å². The summed E-state index contributed by atoms with van der Waals surface area (Å²) in [5.41, 5.74) is 0.396. The first-order valence-corrected chi connectivity index (χ1v) is 2.31. The zero-order valence-electron chi connectivity index (χ0n) is 4.81. The van der Waals surface area contributed by atoms with Crippen molar-refractivity contribution < 1.29 is 9.63 Å². The van der Waals surface area contributed by atoms with E-state index in [0.717, 1.165) is 0 Å². The van der Waals surface area contributed by atoms with E-state index in [2.05, 4.69) is 17.3 Å². The molecule has 46 valence electrons. The fourth-order valence-electron chi connectivity index (χ4n) is 0.228. The molecular formula is C5H9NO2. The highest BCUT2D eigenvalue weighted by Crippen LogP contribution is 1.95. The molecule has 3 nitrogen and oxygen atoms in total. The number of hydrogen-bond acceptors (Lipinski definition) is 3. The van der Waals surface area contributed by atoms with Gasteiger partial charge < -0.3 is 4.84 Å². The molecule has 0 spiro atoms. The van der Waals surface area contributed by atoms with E-state index < -0.39 is 5.97 Å². The average Bonchev–Trinajstić information content (AvgIpc) is 1.84. The maximum atomic E-state index is 10.3. The first kappa shape index (κ1) is 7.17. The number of nitrogens with two attached hydrogens (primary N) is 1. The monoisotopic (exact) mass is 115 g/mol. The molecule has 0 fully saturated rings. The third-order valence-corrected chi connectivity index (χ3v) is 0.822. The maximum absolute atomic E-state index is 10.3. The molecule has 0 atom stereocenters. The molecule has 0 unspecified atom stereocenters. The SMILES string of the molecule is C=C(CC)C(=O)ON. The second kappa shape index (κ2) is 3.21. The van der Waals surface area contributed by atoms with Crippen LogP contribution in [0.3, 0.4) is 0 Å². The highest BCUT2D eigenvalue weighted by atomic mass is 16.7. The average molecular weight is 115 g/mol. The molecule has 3 heteroatoms. The van der Waals surface area contributed by atoms with Crippen LogP contribution >= 0.6 is 0 Å². The standard InChI is InChI=1S/C5H9NO2/c1-3-4(2)5(7)8-6/h2-3,6H2,1H3. The second-order valence-corrected chi connectivity index (χ2v) is 1.36. The fourth-order valence-corrected chi connectivity index (χ4v) is 0.228. The maximum Gasteiger partial charge on any atom is 0.351 e. The summed E-state index contributed by atoms with van der Waals surface area (Å²) in [7, 11) is 0. The van der Waals surface area contributed by atoms with E-state index in [-0.39, 0.29) is 0 Å². The van der Waals surface area contributed by atoms with Gasteiger partial charge in [-0.3, -0.25) is 0 Å². The molecule has 0 aromatic rings. The number of hydrogen-bond donors (Lipinski definition) is 1. The van der Waals surface area contributed by atoms with Crippen LogP contribution in [0.15, 0.2) is 12.2 Å². The van der Waals surface area contributed by atoms with E-state index in [9.17, 15) is 4.79 Å². The predicted molar refractivity (Wildman–Crippen MR) is 29.7 cm³/mol. The lowest BCUT2D eigenvalue weighted by molar-refractivity contribution is -0.139. The minimum Gasteiger partial charge on any atom is -0.370 e. The topological polar surface area (TPSA) is 52.3 Å². The summed E-state index contributed by atoms with van der Waals surface area (Å²) >= 11 is 0. The van der Waals surface area contributed by atoms with Crippen LogP contribution in [0.25, 0.3) is 0 Å². The Labute approximate surface area is 48.1 Å². The third kappa shape index (κ3) is 1.75. The minimum atomic E-state index is -0.535. The highest BCUT2D eigenvalue weighted by Gasteiger charge is 2.01. The third-order valence-electron chi connectivity index (χ3n) is 0.822. The van der Waals surface area contributed by atoms with Crippen LogP contribution in [0.2, 0.25) is 0 Å². The Bertz CT molecular complexity index is 95.0. The molecule has 0 heterocycles. The summed E-state index contributed by atoms with van der Waals surface area (Å²) in [5.74, 6) is 4.00. The van der Waals surface area contributed by atoms with Crippen molar-refractivity contribution in [1.29, 1.82) is 0 Å². The van der Waals surface area contributed by atoms with Gasteiger partial charge in [-0.1, -0.05) is 13.5 Å². The quantitative estimate of drug-likeness (QED) is 0.418. The molecule has 0 aromatic heterocycles. The van der Waals surface area contributed by atoms with Gasteiger partial charge in [0.2, 0.25) is 0 Å². The van der Waals surface area contributed by atoms with Crippen molar-refractivity contribution in [3.8, 4) is 0 Å². The smallest absolute Gasteiger partial charge is 0.351 e. The molecule has 0 aromatic carbocycles. The highest BCUT2D eigenvalue weighted by molar-refractivity contribution is 5.87. The lowest BCUT2D eigenvalue weighted by Crippen LogP contribution is -2.10. The first-order valence-electron chi connectivity index (χ1n) is 2.31. The van der Waals surface area contributed by atoms with Gasteiger partial charge in [0.25, 0.3) is 0 Å². The fraction of sp³-hybridized carbons (Fsp3) is 0.400. The molecule has 0 bridgehead atoms. The van der Waals surface area contributed by atoms with Gasteiger partial charge >= 0.3 is 5.97 Å². The van der Waals surface area contributed by atoms with Crippen molar-refractivity contribution in [2.45, 2.75) is 13.3 Å². The summed E-state index contributed by atoms with van der Waals surface area (Å²) in [5, 5.41) is 0. The molecule has 0 radical (unpaired) electrons. The van der Waals surface area contributed by atoms with Gasteiger partial charge in [-0.2, -0.15) is 5.90 Å². The molecular weight excluding hydrogens is 106 g/mol. The summed E-state index contributed by atoms with van der Waals surface area (Å²) < 4.78 is 0. The van der Waals surface area contributed by atoms with Crippen LogP contribution in [0.4, 0.5) is 0 Å². The lowest BCUT2D eigenvalue weighted by Gasteiger charge is -1.94. The van der Waals surface area contributed by atoms with Gasteiger partial charge in [-0.05, 0) is 6.42 Å². The largest absolute Gasteiger partial charge is 0.370 e. The Morgan fingerprint density at radius 3 is 2.50 bits per heavy atom. The van der Waals surface area contributed by atoms with Gasteiger partial charge in [0.1, 0.15) is 0 Å². The van der Waals surface area contributed by atoms with Crippen LogP contribution < -0.4 is 5.90 Å². The van der Waals surface area contributed by atoms with E-state index in [1.165, 1.54) is 0 Å². The Balaban J connectivity index is 3.64. The van der Waals surface area contributed by atoms with Crippen molar-refractivity contribution in [3.05, 3.63) is 12.2 Å². The predicted octanol–water partition coefficient (Wildman–Crippen LogP) is 0.370. The van der Waals surface area contributed by atoms with E-state index >= 15 is 0 Å². The molecule has 0 saturated carbocycles. The molecule has 8 heavy (non-hydrogen) atoms. The molecule has 0 aliphatic heterocycles. The molecule has 2 N–H and O–H groups in total. The van der Waals surface area contributed by atoms with Crippen molar-refractivity contribution >= 4 is 5.97 Å². The molecule has 0 saturated heterocycles. The van der Waals surface area contributed by atoms with Crippen LogP contribution in [0.5, 0.6) is 0 Å². The second-order valence-electron chi connectivity index (χ2n) is 1.36. The molecule has 0 aliphatic carbocycles. The van der Waals surface area contributed by atoms with Gasteiger partial charge in [-0.25, -0.2) is 4.79 Å². The van der Waals surface area contributed by atoms with Crippen LogP contribution in [-0.4, -0.2) is 5.97 Å². The number of rotatable bonds is 2. The first-order chi connectivity index (χ1) is 3.72. The zero-order valence-corrected chi connectivity index (χ0v) is 4.81. The lowest BCUT2D eigenvalue weighted by atomic mass is 10.2. The van der Waals surface area contributed by atoms with Crippen LogP contribution in [0.1, 0.15) is 13.3 Å². The van der Waals surface area contributed by atoms with Crippen LogP contribution in [0, 0.1) is 0 Å². The summed E-state index contributed by atoms with van der Waals surface area (Å²) in [4.78, 5) is 14.2. The zero-order chi connectivity index (χ0) is 6.57. The molecule has 0 amide bonds. The summed E-state index contributed by atoms with van der Waals surface area (Å²) in [6.07, 6.45) is 0.579. The Morgan fingerprint density at radius 2 is 2.38 bits per heavy atom. The van der Waals surface area contributed by atoms with Crippen molar-refractivity contribution in [1.82, 2.24) is 0 Å². The van der Waals surface area contributed by atoms with Crippen molar-refractivity contribution in [2.24, 2.45) is 5.90 Å². The normalized spacial score (nSPS) is 8.25. The van der Waals surface area contributed by atoms with Crippen molar-refractivity contribution in [3.63, 3.8) is 0 Å². The number of carbonyl (C=O) groups excluding carboxylic acids is 1.